The van der Waals surface area contributed by atoms with Crippen LogP contribution in [0.5, 0.6) is 0 Å². The molecule has 1 fully saturated rings. The molecule has 0 spiro atoms. The van der Waals surface area contributed by atoms with Gasteiger partial charge in [-0.15, -0.1) is 0 Å². The number of fused-ring (bicyclic) bond motifs is 1. The Labute approximate surface area is 144 Å². The number of aliphatic hydroxyl groups excluding tert-OH is 1. The Bertz CT molecular complexity index is 881. The average molecular weight is 393 g/mol. The van der Waals surface area contributed by atoms with Crippen molar-refractivity contribution in [1.29, 1.82) is 0 Å². The number of anilines is 1. The van der Waals surface area contributed by atoms with Crippen LogP contribution < -0.4 is 11.3 Å². The van der Waals surface area contributed by atoms with E-state index in [1.165, 1.54) is 22.7 Å². The minimum atomic E-state index is -4.85. The lowest BCUT2D eigenvalue weighted by atomic mass is 10.1. The van der Waals surface area contributed by atoms with Crippen LogP contribution in [0.2, 0.25) is 0 Å². The highest BCUT2D eigenvalue weighted by Crippen LogP contribution is 2.44. The van der Waals surface area contributed by atoms with Crippen LogP contribution in [0.1, 0.15) is 6.23 Å². The second kappa shape index (κ2) is 6.68. The number of rotatable bonds is 5. The summed E-state index contributed by atoms with van der Waals surface area (Å²) in [7, 11) is -4.85. The Morgan fingerprint density at radius 2 is 2.28 bits per heavy atom. The SMILES string of the molecule is CSC[C@H]1O[C@@H](n2cnc3c(=O)[nH]c(N)nc32)[C@H](O)[C@@H]1OP(=O)(O)O. The van der Waals surface area contributed by atoms with E-state index < -0.39 is 37.9 Å². The maximum Gasteiger partial charge on any atom is 0.470 e. The molecular formula is C11H16N5O7PS. The van der Waals surface area contributed by atoms with Gasteiger partial charge >= 0.3 is 7.82 Å². The van der Waals surface area contributed by atoms with Crippen molar-refractivity contribution >= 4 is 36.7 Å². The number of phosphoric ester groups is 1. The Balaban J connectivity index is 2.00. The first kappa shape index (κ1) is 18.3. The number of aliphatic hydroxyl groups is 1. The van der Waals surface area contributed by atoms with Crippen molar-refractivity contribution in [2.75, 3.05) is 17.7 Å². The van der Waals surface area contributed by atoms with Crippen LogP contribution in [0.4, 0.5) is 5.95 Å². The number of nitrogens with zero attached hydrogens (tertiary/aromatic N) is 3. The van der Waals surface area contributed by atoms with E-state index in [2.05, 4.69) is 15.0 Å². The molecule has 1 aliphatic rings. The van der Waals surface area contributed by atoms with Gasteiger partial charge in [-0.1, -0.05) is 0 Å². The molecule has 3 heterocycles. The zero-order valence-electron chi connectivity index (χ0n) is 12.8. The van der Waals surface area contributed by atoms with Crippen LogP contribution in [0, 0.1) is 0 Å². The summed E-state index contributed by atoms with van der Waals surface area (Å²) in [6, 6.07) is 0. The number of H-pyrrole nitrogens is 1. The maximum absolute atomic E-state index is 11.8. The number of aromatic nitrogens is 4. The molecule has 138 valence electrons. The van der Waals surface area contributed by atoms with Gasteiger partial charge in [0.15, 0.2) is 17.4 Å². The molecule has 1 saturated heterocycles. The molecule has 14 heteroatoms. The molecule has 0 aromatic carbocycles. The van der Waals surface area contributed by atoms with Crippen LogP contribution in [-0.2, 0) is 13.8 Å². The van der Waals surface area contributed by atoms with Gasteiger partial charge in [0.1, 0.15) is 12.2 Å². The number of nitrogens with two attached hydrogens (primary N) is 1. The monoisotopic (exact) mass is 393 g/mol. The molecule has 1 aliphatic heterocycles. The van der Waals surface area contributed by atoms with Gasteiger partial charge in [0, 0.05) is 5.75 Å². The minimum absolute atomic E-state index is 0.00854. The van der Waals surface area contributed by atoms with E-state index >= 15 is 0 Å². The number of ether oxygens (including phenoxy) is 1. The fourth-order valence-electron chi connectivity index (χ4n) is 2.67. The van der Waals surface area contributed by atoms with E-state index in [-0.39, 0.29) is 17.1 Å². The lowest BCUT2D eigenvalue weighted by molar-refractivity contribution is -0.0288. The van der Waals surface area contributed by atoms with Crippen LogP contribution in [0.3, 0.4) is 0 Å². The molecule has 0 unspecified atom stereocenters. The van der Waals surface area contributed by atoms with E-state index in [9.17, 15) is 14.5 Å². The summed E-state index contributed by atoms with van der Waals surface area (Å²) < 4.78 is 22.9. The van der Waals surface area contributed by atoms with Crippen molar-refractivity contribution in [3.05, 3.63) is 16.7 Å². The molecule has 12 nitrogen and oxygen atoms in total. The molecule has 6 N–H and O–H groups in total. The number of hydrogen-bond donors (Lipinski definition) is 5. The summed E-state index contributed by atoms with van der Waals surface area (Å²) in [5.41, 5.74) is 5.04. The van der Waals surface area contributed by atoms with Gasteiger partial charge in [0.25, 0.3) is 5.56 Å². The maximum atomic E-state index is 11.8. The van der Waals surface area contributed by atoms with E-state index in [0.717, 1.165) is 0 Å². The van der Waals surface area contributed by atoms with E-state index in [1.54, 1.807) is 6.26 Å². The molecule has 0 saturated carbocycles. The molecular weight excluding hydrogens is 377 g/mol. The zero-order valence-corrected chi connectivity index (χ0v) is 14.6. The largest absolute Gasteiger partial charge is 0.470 e. The van der Waals surface area contributed by atoms with Gasteiger partial charge in [0.05, 0.1) is 12.4 Å². The number of nitrogens with one attached hydrogen (secondary N) is 1. The zero-order chi connectivity index (χ0) is 18.4. The molecule has 2 aromatic heterocycles. The second-order valence-electron chi connectivity index (χ2n) is 5.35. The number of phosphoric acid groups is 1. The molecule has 2 aromatic rings. The molecule has 4 atom stereocenters. The Kier molecular flexibility index (Phi) is 4.90. The van der Waals surface area contributed by atoms with Gasteiger partial charge in [-0.05, 0) is 6.26 Å². The minimum Gasteiger partial charge on any atom is -0.386 e. The Hall–Kier alpha value is -1.47. The van der Waals surface area contributed by atoms with Gasteiger partial charge in [0.2, 0.25) is 5.95 Å². The Morgan fingerprint density at radius 3 is 2.92 bits per heavy atom. The summed E-state index contributed by atoms with van der Waals surface area (Å²) in [5.74, 6) is 0.177. The lowest BCUT2D eigenvalue weighted by Crippen LogP contribution is -2.34. The number of nitrogen functional groups attached to an aromatic ring is 1. The molecule has 3 rings (SSSR count). The highest BCUT2D eigenvalue weighted by molar-refractivity contribution is 7.98. The average Bonchev–Trinajstić information content (AvgIpc) is 3.02. The smallest absolute Gasteiger partial charge is 0.386 e. The third kappa shape index (κ3) is 3.58. The number of hydrogen-bond acceptors (Lipinski definition) is 9. The summed E-state index contributed by atoms with van der Waals surface area (Å²) in [6.45, 7) is 0. The van der Waals surface area contributed by atoms with E-state index in [1.807, 2.05) is 0 Å². The van der Waals surface area contributed by atoms with Gasteiger partial charge in [-0.3, -0.25) is 18.9 Å². The second-order valence-corrected chi connectivity index (χ2v) is 7.45. The predicted octanol–water partition coefficient (Wildman–Crippen LogP) is -1.20. The molecule has 0 bridgehead atoms. The molecule has 0 aliphatic carbocycles. The van der Waals surface area contributed by atoms with Crippen LogP contribution in [0.15, 0.2) is 11.1 Å². The molecule has 0 amide bonds. The summed E-state index contributed by atoms with van der Waals surface area (Å²) in [6.07, 6.45) is -1.59. The highest BCUT2D eigenvalue weighted by Gasteiger charge is 2.48. The van der Waals surface area contributed by atoms with Gasteiger partial charge < -0.3 is 25.4 Å². The van der Waals surface area contributed by atoms with Crippen molar-refractivity contribution in [1.82, 2.24) is 19.5 Å². The van der Waals surface area contributed by atoms with Crippen molar-refractivity contribution < 1.29 is 28.7 Å². The number of thioether (sulfide) groups is 1. The summed E-state index contributed by atoms with van der Waals surface area (Å²) in [4.78, 5) is 40.2. The van der Waals surface area contributed by atoms with E-state index in [4.69, 9.17) is 24.8 Å². The molecule has 0 radical (unpaired) electrons. The first-order chi connectivity index (χ1) is 11.7. The van der Waals surface area contributed by atoms with Crippen molar-refractivity contribution in [3.8, 4) is 0 Å². The fourth-order valence-corrected chi connectivity index (χ4v) is 3.84. The first-order valence-corrected chi connectivity index (χ1v) is 9.92. The quantitative estimate of drug-likeness (QED) is 0.384. The summed E-state index contributed by atoms with van der Waals surface area (Å²) >= 11 is 1.35. The Morgan fingerprint density at radius 1 is 1.56 bits per heavy atom. The number of imidazole rings is 1. The topological polar surface area (TPSA) is 186 Å². The first-order valence-electron chi connectivity index (χ1n) is 7.00. The van der Waals surface area contributed by atoms with E-state index in [0.29, 0.717) is 5.75 Å². The van der Waals surface area contributed by atoms with Crippen molar-refractivity contribution in [2.24, 2.45) is 0 Å². The molecule has 25 heavy (non-hydrogen) atoms. The standard InChI is InChI=1S/C11H16N5O7PS/c1-25-2-4-7(23-24(19,20)21)6(17)10(22-4)16-3-13-5-8(16)14-11(12)15-9(5)18/h3-4,6-7,10,17H,2H2,1H3,(H2,19,20,21)(H3,12,14,15,18)/t4-,6-,7-,10-/m1/s1. The third-order valence-corrected chi connectivity index (χ3v) is 4.80. The van der Waals surface area contributed by atoms with Crippen LogP contribution in [0.25, 0.3) is 11.2 Å². The van der Waals surface area contributed by atoms with Crippen LogP contribution >= 0.6 is 19.6 Å². The third-order valence-electron chi connectivity index (χ3n) is 3.62. The number of aromatic amines is 1. The fraction of sp³-hybridized carbons (Fsp3) is 0.545. The predicted molar refractivity (Wildman–Crippen MR) is 87.8 cm³/mol. The normalized spacial score (nSPS) is 27.2. The van der Waals surface area contributed by atoms with Gasteiger partial charge in [-0.25, -0.2) is 9.55 Å². The van der Waals surface area contributed by atoms with Crippen molar-refractivity contribution in [2.45, 2.75) is 24.5 Å². The van der Waals surface area contributed by atoms with Crippen molar-refractivity contribution in [3.63, 3.8) is 0 Å². The lowest BCUT2D eigenvalue weighted by Gasteiger charge is -2.20. The van der Waals surface area contributed by atoms with Gasteiger partial charge in [-0.2, -0.15) is 16.7 Å². The highest BCUT2D eigenvalue weighted by atomic mass is 32.2. The van der Waals surface area contributed by atoms with Crippen LogP contribution in [-0.4, -0.2) is 64.7 Å². The summed E-state index contributed by atoms with van der Waals surface area (Å²) in [5, 5.41) is 10.5.